The quantitative estimate of drug-likeness (QED) is 0.872. The van der Waals surface area contributed by atoms with Gasteiger partial charge in [-0.1, -0.05) is 11.6 Å². The summed E-state index contributed by atoms with van der Waals surface area (Å²) in [6, 6.07) is 6.01. The normalized spacial score (nSPS) is 11.5. The minimum atomic E-state index is -4.74. The summed E-state index contributed by atoms with van der Waals surface area (Å²) < 4.78 is 43.4. The van der Waals surface area contributed by atoms with E-state index in [-0.39, 0.29) is 12.4 Å². The molecule has 1 aromatic carbocycles. The second-order valence-electron chi connectivity index (χ2n) is 4.03. The van der Waals surface area contributed by atoms with E-state index >= 15 is 0 Å². The predicted molar refractivity (Wildman–Crippen MR) is 70.0 cm³/mol. The molecule has 1 heterocycles. The molecule has 0 unspecified atom stereocenters. The first-order valence-corrected chi connectivity index (χ1v) is 6.31. The number of hydrogen-bond acceptors (Lipinski definition) is 3. The molecule has 21 heavy (non-hydrogen) atoms. The van der Waals surface area contributed by atoms with E-state index in [0.717, 1.165) is 0 Å². The topological polar surface area (TPSA) is 55.0 Å². The Morgan fingerprint density at radius 3 is 2.48 bits per heavy atom. The van der Waals surface area contributed by atoms with Crippen LogP contribution in [0.5, 0.6) is 0 Å². The van der Waals surface area contributed by atoms with Gasteiger partial charge in [-0.2, -0.15) is 13.2 Å². The van der Waals surface area contributed by atoms with Crippen molar-refractivity contribution in [1.82, 2.24) is 9.97 Å². The molecule has 2 aromatic rings. The molecule has 8 heteroatoms. The Bertz CT molecular complexity index is 650. The lowest BCUT2D eigenvalue weighted by Gasteiger charge is -2.05. The number of nitrogens with one attached hydrogen (secondary N) is 1. The van der Waals surface area contributed by atoms with Crippen molar-refractivity contribution in [2.24, 2.45) is 0 Å². The number of benzene rings is 1. The lowest BCUT2D eigenvalue weighted by Crippen LogP contribution is -2.15. The molecule has 4 nitrogen and oxygen atoms in total. The zero-order valence-corrected chi connectivity index (χ0v) is 11.5. The molecule has 0 aliphatic heterocycles. The van der Waals surface area contributed by atoms with E-state index in [9.17, 15) is 18.0 Å². The van der Waals surface area contributed by atoms with Gasteiger partial charge >= 0.3 is 12.1 Å². The van der Waals surface area contributed by atoms with Crippen LogP contribution < -0.4 is 0 Å². The molecule has 0 fully saturated rings. The molecule has 0 aliphatic carbocycles. The van der Waals surface area contributed by atoms with Crippen molar-refractivity contribution < 1.29 is 22.7 Å². The largest absolute Gasteiger partial charge is 0.461 e. The summed E-state index contributed by atoms with van der Waals surface area (Å²) in [7, 11) is 0. The number of H-pyrrole nitrogens is 1. The summed E-state index contributed by atoms with van der Waals surface area (Å²) in [6.07, 6.45) is -4.74. The summed E-state index contributed by atoms with van der Waals surface area (Å²) in [5.41, 5.74) is -1.64. The van der Waals surface area contributed by atoms with E-state index in [1.54, 1.807) is 0 Å². The van der Waals surface area contributed by atoms with Crippen LogP contribution >= 0.6 is 11.6 Å². The number of carbonyl (C=O) groups excluding carboxylic acids is 1. The number of carbonyl (C=O) groups is 1. The molecule has 0 saturated carbocycles. The number of halogens is 4. The Morgan fingerprint density at radius 1 is 1.33 bits per heavy atom. The smallest absolute Gasteiger partial charge is 0.433 e. The third-order valence-corrected chi connectivity index (χ3v) is 2.83. The van der Waals surface area contributed by atoms with Gasteiger partial charge in [0, 0.05) is 10.6 Å². The van der Waals surface area contributed by atoms with Crippen molar-refractivity contribution in [3.63, 3.8) is 0 Å². The van der Waals surface area contributed by atoms with Gasteiger partial charge in [-0.25, -0.2) is 9.78 Å². The van der Waals surface area contributed by atoms with Gasteiger partial charge in [0.25, 0.3) is 0 Å². The Labute approximate surface area is 122 Å². The van der Waals surface area contributed by atoms with E-state index in [1.807, 2.05) is 0 Å². The molecular formula is C13H10ClF3N2O2. The van der Waals surface area contributed by atoms with E-state index in [1.165, 1.54) is 31.2 Å². The van der Waals surface area contributed by atoms with Crippen molar-refractivity contribution in [2.75, 3.05) is 6.61 Å². The van der Waals surface area contributed by atoms with Gasteiger partial charge in [0.2, 0.25) is 0 Å². The SMILES string of the molecule is CCOC(=O)c1nc(-c2ccc(Cl)cc2)[nH]c1C(F)(F)F. The fourth-order valence-corrected chi connectivity index (χ4v) is 1.80. The third-order valence-electron chi connectivity index (χ3n) is 2.57. The first kappa shape index (κ1) is 15.4. The Hall–Kier alpha value is -2.02. The van der Waals surface area contributed by atoms with Crippen LogP contribution in [0.3, 0.4) is 0 Å². The van der Waals surface area contributed by atoms with E-state index in [4.69, 9.17) is 11.6 Å². The monoisotopic (exact) mass is 318 g/mol. The zero-order chi connectivity index (χ0) is 15.6. The summed E-state index contributed by atoms with van der Waals surface area (Å²) in [5, 5.41) is 0.437. The van der Waals surface area contributed by atoms with Crippen LogP contribution in [0.1, 0.15) is 23.1 Å². The number of ether oxygens (including phenoxy) is 1. The number of nitrogens with zero attached hydrogens (tertiary/aromatic N) is 1. The second-order valence-corrected chi connectivity index (χ2v) is 4.47. The lowest BCUT2D eigenvalue weighted by molar-refractivity contribution is -0.141. The van der Waals surface area contributed by atoms with Crippen molar-refractivity contribution in [3.8, 4) is 11.4 Å². The average Bonchev–Trinajstić information content (AvgIpc) is 2.85. The molecule has 0 aliphatic rings. The van der Waals surface area contributed by atoms with Crippen LogP contribution in [0, 0.1) is 0 Å². The maximum absolute atomic E-state index is 12.9. The summed E-state index contributed by atoms with van der Waals surface area (Å²) in [5.74, 6) is -1.21. The molecule has 0 saturated heterocycles. The van der Waals surface area contributed by atoms with Gasteiger partial charge in [-0.05, 0) is 31.2 Å². The van der Waals surface area contributed by atoms with Crippen molar-refractivity contribution >= 4 is 17.6 Å². The molecule has 1 N–H and O–H groups in total. The van der Waals surface area contributed by atoms with Crippen LogP contribution in [0.2, 0.25) is 5.02 Å². The molecule has 2 rings (SSSR count). The van der Waals surface area contributed by atoms with Crippen LogP contribution in [0.15, 0.2) is 24.3 Å². The van der Waals surface area contributed by atoms with E-state index < -0.39 is 23.5 Å². The number of esters is 1. The van der Waals surface area contributed by atoms with Crippen LogP contribution in [-0.2, 0) is 10.9 Å². The minimum Gasteiger partial charge on any atom is -0.461 e. The van der Waals surface area contributed by atoms with Gasteiger partial charge in [0.05, 0.1) is 6.61 Å². The zero-order valence-electron chi connectivity index (χ0n) is 10.8. The highest BCUT2D eigenvalue weighted by atomic mass is 35.5. The maximum atomic E-state index is 12.9. The summed E-state index contributed by atoms with van der Waals surface area (Å²) in [6.45, 7) is 1.46. The molecule has 1 aromatic heterocycles. The summed E-state index contributed by atoms with van der Waals surface area (Å²) >= 11 is 5.72. The van der Waals surface area contributed by atoms with Crippen LogP contribution in [0.25, 0.3) is 11.4 Å². The predicted octanol–water partition coefficient (Wildman–Crippen LogP) is 3.93. The standard InChI is InChI=1S/C13H10ClF3N2O2/c1-2-21-12(20)9-10(13(15,16)17)19-11(18-9)7-3-5-8(14)6-4-7/h3-6H,2H2,1H3,(H,18,19). The number of aromatic nitrogens is 2. The Morgan fingerprint density at radius 2 is 1.95 bits per heavy atom. The highest BCUT2D eigenvalue weighted by Gasteiger charge is 2.39. The molecule has 0 atom stereocenters. The summed E-state index contributed by atoms with van der Waals surface area (Å²) in [4.78, 5) is 17.4. The van der Waals surface area contributed by atoms with Crippen molar-refractivity contribution in [3.05, 3.63) is 40.7 Å². The van der Waals surface area contributed by atoms with Crippen LogP contribution in [-0.4, -0.2) is 22.5 Å². The second kappa shape index (κ2) is 5.77. The molecule has 0 bridgehead atoms. The lowest BCUT2D eigenvalue weighted by atomic mass is 10.2. The fourth-order valence-electron chi connectivity index (χ4n) is 1.67. The minimum absolute atomic E-state index is 0.0424. The number of imidazole rings is 1. The van der Waals surface area contributed by atoms with Gasteiger partial charge in [0.1, 0.15) is 5.82 Å². The van der Waals surface area contributed by atoms with Gasteiger partial charge in [-0.3, -0.25) is 0 Å². The molecule has 112 valence electrons. The van der Waals surface area contributed by atoms with Gasteiger partial charge < -0.3 is 9.72 Å². The van der Waals surface area contributed by atoms with Crippen molar-refractivity contribution in [2.45, 2.75) is 13.1 Å². The Kier molecular flexibility index (Phi) is 4.22. The van der Waals surface area contributed by atoms with Gasteiger partial charge in [-0.15, -0.1) is 0 Å². The third kappa shape index (κ3) is 3.36. The highest BCUT2D eigenvalue weighted by molar-refractivity contribution is 6.30. The number of hydrogen-bond donors (Lipinski definition) is 1. The average molecular weight is 319 g/mol. The molecule has 0 radical (unpaired) electrons. The molecule has 0 spiro atoms. The first-order valence-electron chi connectivity index (χ1n) is 5.93. The number of aromatic amines is 1. The molecular weight excluding hydrogens is 309 g/mol. The first-order chi connectivity index (χ1) is 9.82. The fraction of sp³-hybridized carbons (Fsp3) is 0.231. The number of alkyl halides is 3. The van der Waals surface area contributed by atoms with Crippen molar-refractivity contribution in [1.29, 1.82) is 0 Å². The van der Waals surface area contributed by atoms with Crippen LogP contribution in [0.4, 0.5) is 13.2 Å². The highest BCUT2D eigenvalue weighted by Crippen LogP contribution is 2.33. The molecule has 0 amide bonds. The maximum Gasteiger partial charge on any atom is 0.433 e. The van der Waals surface area contributed by atoms with Gasteiger partial charge in [0.15, 0.2) is 11.4 Å². The van der Waals surface area contributed by atoms with E-state index in [2.05, 4.69) is 14.7 Å². The number of rotatable bonds is 3. The Balaban J connectivity index is 2.50. The van der Waals surface area contributed by atoms with E-state index in [0.29, 0.717) is 10.6 Å².